The number of rotatable bonds is 3. The predicted octanol–water partition coefficient (Wildman–Crippen LogP) is 4.24. The zero-order valence-corrected chi connectivity index (χ0v) is 11.7. The first-order chi connectivity index (χ1) is 9.35. The van der Waals surface area contributed by atoms with E-state index in [2.05, 4.69) is 30.6 Å². The maximum Gasteiger partial charge on any atom is 0.573 e. The Bertz CT molecular complexity index is 620. The van der Waals surface area contributed by atoms with Crippen molar-refractivity contribution in [2.75, 3.05) is 0 Å². The molecule has 0 N–H and O–H groups in total. The summed E-state index contributed by atoms with van der Waals surface area (Å²) in [5.41, 5.74) is 0.569. The molecule has 0 aliphatic carbocycles. The molecule has 106 valence electrons. The highest BCUT2D eigenvalue weighted by molar-refractivity contribution is 9.10. The van der Waals surface area contributed by atoms with Crippen molar-refractivity contribution in [2.24, 2.45) is 0 Å². The van der Waals surface area contributed by atoms with Gasteiger partial charge in [-0.3, -0.25) is 4.98 Å². The molecule has 1 aromatic carbocycles. The van der Waals surface area contributed by atoms with Gasteiger partial charge in [0.1, 0.15) is 11.5 Å². The van der Waals surface area contributed by atoms with E-state index in [1.165, 1.54) is 24.5 Å². The lowest BCUT2D eigenvalue weighted by molar-refractivity contribution is -0.274. The Morgan fingerprint density at radius 1 is 1.15 bits per heavy atom. The molecule has 0 bridgehead atoms. The van der Waals surface area contributed by atoms with Gasteiger partial charge in [-0.05, 0) is 41.1 Å². The van der Waals surface area contributed by atoms with Crippen molar-refractivity contribution in [3.05, 3.63) is 40.8 Å². The van der Waals surface area contributed by atoms with Gasteiger partial charge in [-0.25, -0.2) is 4.98 Å². The summed E-state index contributed by atoms with van der Waals surface area (Å²) in [7, 11) is 0. The number of hydrogen-bond donors (Lipinski definition) is 0. The number of hydrogen-bond acceptors (Lipinski definition) is 4. The second-order valence-electron chi connectivity index (χ2n) is 3.69. The lowest BCUT2D eigenvalue weighted by Gasteiger charge is -2.12. The van der Waals surface area contributed by atoms with Crippen LogP contribution in [-0.2, 0) is 0 Å². The monoisotopic (exact) mass is 348 g/mol. The standard InChI is InChI=1S/C12H8BrF3N2O2/c1-7-11(18-5-4-17-7)19-8-2-3-10(9(13)6-8)20-12(14,15)16/h2-6H,1H3. The van der Waals surface area contributed by atoms with Crippen LogP contribution in [0.15, 0.2) is 35.1 Å². The van der Waals surface area contributed by atoms with Crippen LogP contribution in [0.1, 0.15) is 5.69 Å². The summed E-state index contributed by atoms with van der Waals surface area (Å²) in [5.74, 6) is 0.250. The largest absolute Gasteiger partial charge is 0.573 e. The molecule has 20 heavy (non-hydrogen) atoms. The molecule has 4 nitrogen and oxygen atoms in total. The zero-order chi connectivity index (χ0) is 14.8. The van der Waals surface area contributed by atoms with E-state index >= 15 is 0 Å². The van der Waals surface area contributed by atoms with Gasteiger partial charge in [0.05, 0.1) is 10.2 Å². The van der Waals surface area contributed by atoms with Crippen molar-refractivity contribution in [1.82, 2.24) is 9.97 Å². The van der Waals surface area contributed by atoms with Crippen LogP contribution in [0.3, 0.4) is 0 Å². The lowest BCUT2D eigenvalue weighted by atomic mass is 10.3. The first kappa shape index (κ1) is 14.6. The Balaban J connectivity index is 2.19. The van der Waals surface area contributed by atoms with E-state index in [4.69, 9.17) is 4.74 Å². The molecule has 0 unspecified atom stereocenters. The first-order valence-electron chi connectivity index (χ1n) is 5.36. The summed E-state index contributed by atoms with van der Waals surface area (Å²) >= 11 is 2.99. The highest BCUT2D eigenvalue weighted by atomic mass is 79.9. The highest BCUT2D eigenvalue weighted by Crippen LogP contribution is 2.34. The van der Waals surface area contributed by atoms with Crippen molar-refractivity contribution in [3.63, 3.8) is 0 Å². The molecule has 0 spiro atoms. The second kappa shape index (κ2) is 5.66. The van der Waals surface area contributed by atoms with E-state index in [9.17, 15) is 13.2 Å². The number of ether oxygens (including phenoxy) is 2. The van der Waals surface area contributed by atoms with Gasteiger partial charge in [0.2, 0.25) is 5.88 Å². The van der Waals surface area contributed by atoms with Crippen LogP contribution >= 0.6 is 15.9 Å². The van der Waals surface area contributed by atoms with Gasteiger partial charge >= 0.3 is 6.36 Å². The summed E-state index contributed by atoms with van der Waals surface area (Å²) in [6.45, 7) is 1.71. The van der Waals surface area contributed by atoms with Crippen LogP contribution in [0.25, 0.3) is 0 Å². The maximum atomic E-state index is 12.1. The Morgan fingerprint density at radius 3 is 2.45 bits per heavy atom. The van der Waals surface area contributed by atoms with E-state index in [-0.39, 0.29) is 16.1 Å². The Hall–Kier alpha value is -1.83. The predicted molar refractivity (Wildman–Crippen MR) is 67.7 cm³/mol. The number of aryl methyl sites for hydroxylation is 1. The van der Waals surface area contributed by atoms with Crippen LogP contribution in [0, 0.1) is 6.92 Å². The molecule has 8 heteroatoms. The van der Waals surface area contributed by atoms with Gasteiger partial charge in [0.15, 0.2) is 0 Å². The van der Waals surface area contributed by atoms with Gasteiger partial charge in [-0.15, -0.1) is 13.2 Å². The summed E-state index contributed by atoms with van der Waals surface area (Å²) in [5, 5.41) is 0. The maximum absolute atomic E-state index is 12.1. The Morgan fingerprint density at radius 2 is 1.85 bits per heavy atom. The lowest BCUT2D eigenvalue weighted by Crippen LogP contribution is -2.17. The van der Waals surface area contributed by atoms with Gasteiger partial charge in [0, 0.05) is 12.4 Å². The fourth-order valence-electron chi connectivity index (χ4n) is 1.36. The van der Waals surface area contributed by atoms with Crippen molar-refractivity contribution >= 4 is 15.9 Å². The third-order valence-corrected chi connectivity index (χ3v) is 2.80. The van der Waals surface area contributed by atoms with E-state index < -0.39 is 6.36 Å². The zero-order valence-electron chi connectivity index (χ0n) is 10.1. The quantitative estimate of drug-likeness (QED) is 0.832. The molecule has 1 heterocycles. The molecular formula is C12H8BrF3N2O2. The summed E-state index contributed by atoms with van der Waals surface area (Å²) in [6, 6.07) is 3.85. The first-order valence-corrected chi connectivity index (χ1v) is 6.15. The minimum absolute atomic E-state index is 0.119. The SMILES string of the molecule is Cc1nccnc1Oc1ccc(OC(F)(F)F)c(Br)c1. The smallest absolute Gasteiger partial charge is 0.437 e. The van der Waals surface area contributed by atoms with Crippen LogP contribution < -0.4 is 9.47 Å². The van der Waals surface area contributed by atoms with E-state index in [1.807, 2.05) is 0 Å². The van der Waals surface area contributed by atoms with Crippen molar-refractivity contribution in [3.8, 4) is 17.4 Å². The van der Waals surface area contributed by atoms with E-state index in [1.54, 1.807) is 6.92 Å². The van der Waals surface area contributed by atoms with Crippen LogP contribution in [0.4, 0.5) is 13.2 Å². The molecular weight excluding hydrogens is 341 g/mol. The third kappa shape index (κ3) is 3.83. The molecule has 0 saturated carbocycles. The topological polar surface area (TPSA) is 44.2 Å². The molecule has 1 aromatic heterocycles. The molecule has 0 radical (unpaired) electrons. The van der Waals surface area contributed by atoms with Crippen molar-refractivity contribution in [2.45, 2.75) is 13.3 Å². The average Bonchev–Trinajstić information content (AvgIpc) is 2.34. The minimum Gasteiger partial charge on any atom is -0.437 e. The number of halogens is 4. The molecule has 0 saturated heterocycles. The number of alkyl halides is 3. The Labute approximate surface area is 120 Å². The average molecular weight is 349 g/mol. The van der Waals surface area contributed by atoms with Gasteiger partial charge in [-0.2, -0.15) is 0 Å². The van der Waals surface area contributed by atoms with Crippen molar-refractivity contribution in [1.29, 1.82) is 0 Å². The Kier molecular flexibility index (Phi) is 4.12. The molecule has 2 aromatic rings. The molecule has 0 atom stereocenters. The van der Waals surface area contributed by atoms with E-state index in [0.717, 1.165) is 6.07 Å². The molecule has 2 rings (SSSR count). The number of aromatic nitrogens is 2. The summed E-state index contributed by atoms with van der Waals surface area (Å²) in [6.07, 6.45) is -1.77. The highest BCUT2D eigenvalue weighted by Gasteiger charge is 2.32. The van der Waals surface area contributed by atoms with Crippen LogP contribution in [0.5, 0.6) is 17.4 Å². The van der Waals surface area contributed by atoms with Crippen LogP contribution in [-0.4, -0.2) is 16.3 Å². The summed E-state index contributed by atoms with van der Waals surface area (Å²) < 4.78 is 45.8. The van der Waals surface area contributed by atoms with Crippen LogP contribution in [0.2, 0.25) is 0 Å². The van der Waals surface area contributed by atoms with Gasteiger partial charge in [0.25, 0.3) is 0 Å². The molecule has 0 fully saturated rings. The second-order valence-corrected chi connectivity index (χ2v) is 4.54. The molecule has 0 amide bonds. The third-order valence-electron chi connectivity index (χ3n) is 2.18. The van der Waals surface area contributed by atoms with E-state index in [0.29, 0.717) is 11.4 Å². The fourth-order valence-corrected chi connectivity index (χ4v) is 1.80. The van der Waals surface area contributed by atoms with Gasteiger partial charge < -0.3 is 9.47 Å². The molecule has 0 aliphatic rings. The van der Waals surface area contributed by atoms with Gasteiger partial charge in [-0.1, -0.05) is 0 Å². The molecule has 0 aliphatic heterocycles. The normalized spacial score (nSPS) is 11.2. The minimum atomic E-state index is -4.74. The number of benzene rings is 1. The number of nitrogens with zero attached hydrogens (tertiary/aromatic N) is 2. The fraction of sp³-hybridized carbons (Fsp3) is 0.167. The van der Waals surface area contributed by atoms with Crippen molar-refractivity contribution < 1.29 is 22.6 Å². The summed E-state index contributed by atoms with van der Waals surface area (Å²) in [4.78, 5) is 7.96.